The third-order valence-electron chi connectivity index (χ3n) is 2.72. The second kappa shape index (κ2) is 5.87. The minimum Gasteiger partial charge on any atom is -0.388 e. The van der Waals surface area contributed by atoms with Crippen molar-refractivity contribution in [3.05, 3.63) is 29.3 Å². The number of amides is 1. The van der Waals surface area contributed by atoms with Gasteiger partial charge in [-0.15, -0.1) is 0 Å². The highest BCUT2D eigenvalue weighted by molar-refractivity contribution is 5.96. The Labute approximate surface area is 109 Å². The zero-order chi connectivity index (χ0) is 13.8. The van der Waals surface area contributed by atoms with Crippen molar-refractivity contribution in [3.8, 4) is 0 Å². The largest absolute Gasteiger partial charge is 0.388 e. The number of aryl methyl sites for hydroxylation is 1. The molecule has 4 heteroatoms. The van der Waals surface area contributed by atoms with E-state index in [1.165, 1.54) is 0 Å². The fourth-order valence-electron chi connectivity index (χ4n) is 1.85. The fourth-order valence-corrected chi connectivity index (χ4v) is 1.85. The molecule has 1 rings (SSSR count). The van der Waals surface area contributed by atoms with E-state index in [9.17, 15) is 4.79 Å². The number of ether oxygens (including phenoxy) is 1. The van der Waals surface area contributed by atoms with Crippen molar-refractivity contribution in [2.24, 2.45) is 0 Å². The first-order valence-electron chi connectivity index (χ1n) is 5.99. The maximum atomic E-state index is 12.2. The van der Waals surface area contributed by atoms with Gasteiger partial charge in [-0.3, -0.25) is 4.79 Å². The molecule has 1 amide bonds. The molecule has 0 aliphatic heterocycles. The van der Waals surface area contributed by atoms with Gasteiger partial charge in [-0.2, -0.15) is 0 Å². The van der Waals surface area contributed by atoms with Crippen molar-refractivity contribution < 1.29 is 9.53 Å². The monoisotopic (exact) mass is 250 g/mol. The molecule has 0 radical (unpaired) electrons. The lowest BCUT2D eigenvalue weighted by molar-refractivity contribution is 0.0819. The molecule has 18 heavy (non-hydrogen) atoms. The summed E-state index contributed by atoms with van der Waals surface area (Å²) in [6.07, 6.45) is 0. The number of benzene rings is 1. The Morgan fingerprint density at radius 2 is 2.06 bits per heavy atom. The number of hydrogen-bond acceptors (Lipinski definition) is 3. The van der Waals surface area contributed by atoms with Gasteiger partial charge in [-0.05, 0) is 44.5 Å². The van der Waals surface area contributed by atoms with Gasteiger partial charge in [0.25, 0.3) is 5.91 Å². The first kappa shape index (κ1) is 14.5. The molecule has 0 heterocycles. The van der Waals surface area contributed by atoms with Crippen LogP contribution >= 0.6 is 0 Å². The normalized spacial score (nSPS) is 11.2. The van der Waals surface area contributed by atoms with Gasteiger partial charge in [0.05, 0.1) is 12.1 Å². The van der Waals surface area contributed by atoms with Crippen LogP contribution in [0.1, 0.15) is 29.8 Å². The third kappa shape index (κ3) is 3.74. The maximum Gasteiger partial charge on any atom is 0.252 e. The maximum absolute atomic E-state index is 12.2. The summed E-state index contributed by atoms with van der Waals surface area (Å²) < 4.78 is 5.09. The number of rotatable bonds is 5. The van der Waals surface area contributed by atoms with Crippen LogP contribution in [0.2, 0.25) is 0 Å². The van der Waals surface area contributed by atoms with Crippen LogP contribution < -0.4 is 10.6 Å². The molecule has 1 aromatic rings. The van der Waals surface area contributed by atoms with Crippen LogP contribution in [-0.2, 0) is 4.74 Å². The highest BCUT2D eigenvalue weighted by atomic mass is 16.5. The molecule has 0 aromatic heterocycles. The van der Waals surface area contributed by atoms with Crippen LogP contribution in [0.4, 0.5) is 5.69 Å². The van der Waals surface area contributed by atoms with Crippen LogP contribution in [0, 0.1) is 6.92 Å². The summed E-state index contributed by atoms with van der Waals surface area (Å²) in [5.41, 5.74) is 2.27. The van der Waals surface area contributed by atoms with Crippen LogP contribution in [0.15, 0.2) is 18.2 Å². The topological polar surface area (TPSA) is 50.4 Å². The molecule has 100 valence electrons. The Bertz CT molecular complexity index is 428. The molecule has 0 spiro atoms. The van der Waals surface area contributed by atoms with Gasteiger partial charge in [0.2, 0.25) is 0 Å². The Kier molecular flexibility index (Phi) is 4.73. The number of carbonyl (C=O) groups is 1. The summed E-state index contributed by atoms with van der Waals surface area (Å²) >= 11 is 0. The highest BCUT2D eigenvalue weighted by Gasteiger charge is 2.21. The minimum atomic E-state index is -0.375. The minimum absolute atomic E-state index is 0.0720. The number of methoxy groups -OCH3 is 1. The predicted octanol–water partition coefficient (Wildman–Crippen LogP) is 2.19. The summed E-state index contributed by atoms with van der Waals surface area (Å²) in [6, 6.07) is 5.68. The fraction of sp³-hybridized carbons (Fsp3) is 0.500. The molecule has 0 atom stereocenters. The lowest BCUT2D eigenvalue weighted by atomic mass is 10.0. The van der Waals surface area contributed by atoms with Crippen molar-refractivity contribution in [3.63, 3.8) is 0 Å². The van der Waals surface area contributed by atoms with E-state index < -0.39 is 0 Å². The number of nitrogens with one attached hydrogen (secondary N) is 2. The van der Waals surface area contributed by atoms with Crippen LogP contribution in [0.25, 0.3) is 0 Å². The van der Waals surface area contributed by atoms with E-state index in [0.29, 0.717) is 12.2 Å². The molecule has 0 unspecified atom stereocenters. The van der Waals surface area contributed by atoms with E-state index in [1.54, 1.807) is 7.11 Å². The van der Waals surface area contributed by atoms with E-state index >= 15 is 0 Å². The Balaban J connectivity index is 2.85. The van der Waals surface area contributed by atoms with E-state index in [-0.39, 0.29) is 11.4 Å². The van der Waals surface area contributed by atoms with Crippen LogP contribution in [-0.4, -0.2) is 32.2 Å². The Hall–Kier alpha value is -1.55. The summed E-state index contributed by atoms with van der Waals surface area (Å²) in [5.74, 6) is -0.0720. The standard InChI is InChI=1S/C14H22N2O2/c1-10-8-11(15-4)6-7-12(10)13(17)16-14(2,3)9-18-5/h6-8,15H,9H2,1-5H3,(H,16,17). The molecule has 0 aliphatic carbocycles. The first-order valence-corrected chi connectivity index (χ1v) is 5.99. The first-order chi connectivity index (χ1) is 8.39. The quantitative estimate of drug-likeness (QED) is 0.842. The van der Waals surface area contributed by atoms with Crippen LogP contribution in [0.3, 0.4) is 0 Å². The smallest absolute Gasteiger partial charge is 0.252 e. The molecule has 0 bridgehead atoms. The molecule has 0 saturated heterocycles. The molecule has 0 fully saturated rings. The number of anilines is 1. The van der Waals surface area contributed by atoms with Gasteiger partial charge >= 0.3 is 0 Å². The summed E-state index contributed by atoms with van der Waals surface area (Å²) in [5, 5.41) is 6.02. The lowest BCUT2D eigenvalue weighted by Crippen LogP contribution is -2.46. The zero-order valence-corrected chi connectivity index (χ0v) is 11.8. The second-order valence-corrected chi connectivity index (χ2v) is 5.05. The average molecular weight is 250 g/mol. The zero-order valence-electron chi connectivity index (χ0n) is 11.8. The molecule has 4 nitrogen and oxygen atoms in total. The SMILES string of the molecule is CNc1ccc(C(=O)NC(C)(C)COC)c(C)c1. The summed E-state index contributed by atoms with van der Waals surface area (Å²) in [4.78, 5) is 12.2. The van der Waals surface area contributed by atoms with E-state index in [4.69, 9.17) is 4.74 Å². The lowest BCUT2D eigenvalue weighted by Gasteiger charge is -2.25. The van der Waals surface area contributed by atoms with E-state index in [0.717, 1.165) is 11.3 Å². The second-order valence-electron chi connectivity index (χ2n) is 5.05. The van der Waals surface area contributed by atoms with E-state index in [2.05, 4.69) is 10.6 Å². The third-order valence-corrected chi connectivity index (χ3v) is 2.72. The van der Waals surface area contributed by atoms with Gasteiger partial charge in [-0.25, -0.2) is 0 Å². The molecule has 1 aromatic carbocycles. The predicted molar refractivity (Wildman–Crippen MR) is 74.1 cm³/mol. The molecule has 2 N–H and O–H groups in total. The van der Waals surface area contributed by atoms with Crippen molar-refractivity contribution in [1.82, 2.24) is 5.32 Å². The van der Waals surface area contributed by atoms with Crippen molar-refractivity contribution >= 4 is 11.6 Å². The van der Waals surface area contributed by atoms with Gasteiger partial charge in [0, 0.05) is 25.4 Å². The Morgan fingerprint density at radius 3 is 2.56 bits per heavy atom. The molecular weight excluding hydrogens is 228 g/mol. The van der Waals surface area contributed by atoms with Crippen molar-refractivity contribution in [2.75, 3.05) is 26.1 Å². The Morgan fingerprint density at radius 1 is 1.39 bits per heavy atom. The number of hydrogen-bond donors (Lipinski definition) is 2. The molecular formula is C14H22N2O2. The van der Waals surface area contributed by atoms with Gasteiger partial charge in [0.1, 0.15) is 0 Å². The van der Waals surface area contributed by atoms with Gasteiger partial charge in [0.15, 0.2) is 0 Å². The van der Waals surface area contributed by atoms with Crippen molar-refractivity contribution in [2.45, 2.75) is 26.3 Å². The van der Waals surface area contributed by atoms with Gasteiger partial charge in [-0.1, -0.05) is 0 Å². The van der Waals surface area contributed by atoms with E-state index in [1.807, 2.05) is 46.0 Å². The average Bonchev–Trinajstić information content (AvgIpc) is 2.27. The molecule has 0 aliphatic rings. The summed E-state index contributed by atoms with van der Waals surface area (Å²) in [7, 11) is 3.48. The van der Waals surface area contributed by atoms with Crippen molar-refractivity contribution in [1.29, 1.82) is 0 Å². The summed E-state index contributed by atoms with van der Waals surface area (Å²) in [6.45, 7) is 6.28. The number of carbonyl (C=O) groups excluding carboxylic acids is 1. The van der Waals surface area contributed by atoms with Gasteiger partial charge < -0.3 is 15.4 Å². The van der Waals surface area contributed by atoms with Crippen LogP contribution in [0.5, 0.6) is 0 Å². The highest BCUT2D eigenvalue weighted by Crippen LogP contribution is 2.15. The molecule has 0 saturated carbocycles.